The molecule has 114 valence electrons. The summed E-state index contributed by atoms with van der Waals surface area (Å²) in [5, 5.41) is 4.44. The number of carbonyl (C=O) groups excluding carboxylic acids is 1. The molecular formula is C16H27BrN2O. The molecule has 0 spiro atoms. The van der Waals surface area contributed by atoms with Crippen molar-refractivity contribution in [2.24, 2.45) is 11.3 Å². The average Bonchev–Trinajstić information content (AvgIpc) is 2.53. The van der Waals surface area contributed by atoms with Gasteiger partial charge < -0.3 is 0 Å². The molecule has 3 nitrogen and oxygen atoms in total. The van der Waals surface area contributed by atoms with Crippen molar-refractivity contribution in [3.63, 3.8) is 0 Å². The molecule has 1 rings (SSSR count). The van der Waals surface area contributed by atoms with Crippen molar-refractivity contribution in [2.45, 2.75) is 67.3 Å². The third-order valence-corrected chi connectivity index (χ3v) is 4.39. The summed E-state index contributed by atoms with van der Waals surface area (Å²) < 4.78 is 2.90. The van der Waals surface area contributed by atoms with Crippen molar-refractivity contribution >= 4 is 21.7 Å². The van der Waals surface area contributed by atoms with Crippen LogP contribution >= 0.6 is 15.9 Å². The highest BCUT2D eigenvalue weighted by molar-refractivity contribution is 9.10. The second kappa shape index (κ2) is 6.88. The van der Waals surface area contributed by atoms with E-state index in [1.807, 2.05) is 11.6 Å². The first-order valence-electron chi connectivity index (χ1n) is 7.37. The van der Waals surface area contributed by atoms with Crippen LogP contribution in [-0.2, 0) is 17.8 Å². The average molecular weight is 343 g/mol. The zero-order chi connectivity index (χ0) is 15.5. The number of aromatic nitrogens is 2. The largest absolute Gasteiger partial charge is 0.299 e. The molecule has 0 aliphatic heterocycles. The fraction of sp³-hybridized carbons (Fsp3) is 0.750. The summed E-state index contributed by atoms with van der Waals surface area (Å²) in [5.41, 5.74) is 2.25. The lowest BCUT2D eigenvalue weighted by Crippen LogP contribution is -2.16. The molecule has 4 heteroatoms. The van der Waals surface area contributed by atoms with E-state index >= 15 is 0 Å². The van der Waals surface area contributed by atoms with E-state index in [4.69, 9.17) is 0 Å². The molecule has 0 amide bonds. The van der Waals surface area contributed by atoms with E-state index in [9.17, 15) is 4.79 Å². The normalized spacial score (nSPS) is 13.6. The third kappa shape index (κ3) is 5.04. The van der Waals surface area contributed by atoms with Crippen LogP contribution in [0.25, 0.3) is 0 Å². The van der Waals surface area contributed by atoms with E-state index in [2.05, 4.69) is 55.6 Å². The molecular weight excluding hydrogens is 316 g/mol. The first kappa shape index (κ1) is 17.4. The van der Waals surface area contributed by atoms with Gasteiger partial charge in [0.2, 0.25) is 0 Å². The molecule has 0 saturated carbocycles. The van der Waals surface area contributed by atoms with E-state index in [-0.39, 0.29) is 5.41 Å². The molecule has 0 aliphatic rings. The van der Waals surface area contributed by atoms with Gasteiger partial charge in [0.15, 0.2) is 0 Å². The maximum absolute atomic E-state index is 12.3. The predicted octanol–water partition coefficient (Wildman–Crippen LogP) is 4.55. The molecule has 1 aromatic heterocycles. The monoisotopic (exact) mass is 342 g/mol. The van der Waals surface area contributed by atoms with E-state index in [1.165, 1.54) is 0 Å². The first-order valence-corrected chi connectivity index (χ1v) is 8.16. The minimum Gasteiger partial charge on any atom is -0.299 e. The Morgan fingerprint density at radius 1 is 1.40 bits per heavy atom. The van der Waals surface area contributed by atoms with Crippen molar-refractivity contribution in [3.8, 4) is 0 Å². The summed E-state index contributed by atoms with van der Waals surface area (Å²) >= 11 is 3.55. The SMILES string of the molecule is CCn1nc(C)c(Br)c1CC(=O)CC(C)CC(C)(C)C. The zero-order valence-corrected chi connectivity index (χ0v) is 15.2. The number of hydrogen-bond acceptors (Lipinski definition) is 2. The number of nitrogens with zero attached hydrogens (tertiary/aromatic N) is 2. The number of rotatable bonds is 6. The van der Waals surface area contributed by atoms with E-state index in [0.717, 1.165) is 28.8 Å². The summed E-state index contributed by atoms with van der Waals surface area (Å²) in [6, 6.07) is 0. The third-order valence-electron chi connectivity index (χ3n) is 3.35. The van der Waals surface area contributed by atoms with Crippen LogP contribution in [0.15, 0.2) is 4.47 Å². The van der Waals surface area contributed by atoms with Gasteiger partial charge in [-0.1, -0.05) is 27.7 Å². The molecule has 1 unspecified atom stereocenters. The van der Waals surface area contributed by atoms with Crippen molar-refractivity contribution < 1.29 is 4.79 Å². The summed E-state index contributed by atoms with van der Waals surface area (Å²) in [4.78, 5) is 12.3. The molecule has 1 heterocycles. The lowest BCUT2D eigenvalue weighted by Gasteiger charge is -2.22. The molecule has 1 atom stereocenters. The Morgan fingerprint density at radius 3 is 2.50 bits per heavy atom. The highest BCUT2D eigenvalue weighted by Gasteiger charge is 2.20. The van der Waals surface area contributed by atoms with Gasteiger partial charge in [-0.2, -0.15) is 5.10 Å². The fourth-order valence-electron chi connectivity index (χ4n) is 2.80. The van der Waals surface area contributed by atoms with Crippen molar-refractivity contribution in [2.75, 3.05) is 0 Å². The van der Waals surface area contributed by atoms with Crippen molar-refractivity contribution in [1.82, 2.24) is 9.78 Å². The number of Topliss-reactive ketones (excluding diaryl/α,β-unsaturated/α-hetero) is 1. The molecule has 0 bridgehead atoms. The molecule has 1 aromatic rings. The van der Waals surface area contributed by atoms with Crippen LogP contribution in [0.2, 0.25) is 0 Å². The fourth-order valence-corrected chi connectivity index (χ4v) is 3.23. The molecule has 20 heavy (non-hydrogen) atoms. The van der Waals surface area contributed by atoms with Gasteiger partial charge in [0.25, 0.3) is 0 Å². The van der Waals surface area contributed by atoms with Crippen LogP contribution in [-0.4, -0.2) is 15.6 Å². The Labute approximate surface area is 131 Å². The first-order chi connectivity index (χ1) is 9.14. The zero-order valence-electron chi connectivity index (χ0n) is 13.6. The Hall–Kier alpha value is -0.640. The molecule has 0 fully saturated rings. The van der Waals surface area contributed by atoms with Crippen LogP contribution in [0.1, 0.15) is 58.8 Å². The van der Waals surface area contributed by atoms with Gasteiger partial charge in [0, 0.05) is 19.4 Å². The van der Waals surface area contributed by atoms with Gasteiger partial charge in [0.05, 0.1) is 15.9 Å². The van der Waals surface area contributed by atoms with Gasteiger partial charge >= 0.3 is 0 Å². The maximum Gasteiger partial charge on any atom is 0.139 e. The van der Waals surface area contributed by atoms with Gasteiger partial charge in [-0.15, -0.1) is 0 Å². The second-order valence-electron chi connectivity index (χ2n) is 6.95. The van der Waals surface area contributed by atoms with E-state index in [1.54, 1.807) is 0 Å². The molecule has 0 N–H and O–H groups in total. The van der Waals surface area contributed by atoms with Gasteiger partial charge in [-0.05, 0) is 47.5 Å². The summed E-state index contributed by atoms with van der Waals surface area (Å²) in [7, 11) is 0. The van der Waals surface area contributed by atoms with Crippen LogP contribution < -0.4 is 0 Å². The van der Waals surface area contributed by atoms with Gasteiger partial charge in [0.1, 0.15) is 5.78 Å². The van der Waals surface area contributed by atoms with E-state index < -0.39 is 0 Å². The Balaban J connectivity index is 2.67. The molecule has 0 radical (unpaired) electrons. The summed E-state index contributed by atoms with van der Waals surface area (Å²) in [6.07, 6.45) is 2.20. The lowest BCUT2D eigenvalue weighted by atomic mass is 9.83. The second-order valence-corrected chi connectivity index (χ2v) is 7.74. The molecule has 0 saturated heterocycles. The van der Waals surface area contributed by atoms with Gasteiger partial charge in [-0.25, -0.2) is 0 Å². The Morgan fingerprint density at radius 2 is 2.00 bits per heavy atom. The number of aryl methyl sites for hydroxylation is 2. The molecule has 0 aromatic carbocycles. The van der Waals surface area contributed by atoms with Crippen LogP contribution in [0.4, 0.5) is 0 Å². The quantitative estimate of drug-likeness (QED) is 0.760. The highest BCUT2D eigenvalue weighted by atomic mass is 79.9. The summed E-state index contributed by atoms with van der Waals surface area (Å²) in [5.74, 6) is 0.734. The number of carbonyl (C=O) groups is 1. The minimum atomic E-state index is 0.280. The van der Waals surface area contributed by atoms with Crippen LogP contribution in [0, 0.1) is 18.3 Å². The van der Waals surface area contributed by atoms with E-state index in [0.29, 0.717) is 24.5 Å². The number of hydrogen-bond donors (Lipinski definition) is 0. The standard InChI is InChI=1S/C16H27BrN2O/c1-7-19-14(15(17)12(3)18-19)9-13(20)8-11(2)10-16(4,5)6/h11H,7-10H2,1-6H3. The molecule has 0 aliphatic carbocycles. The number of halogens is 1. The van der Waals surface area contributed by atoms with Crippen molar-refractivity contribution in [1.29, 1.82) is 0 Å². The van der Waals surface area contributed by atoms with Crippen molar-refractivity contribution in [3.05, 3.63) is 15.9 Å². The minimum absolute atomic E-state index is 0.280. The Bertz CT molecular complexity index is 472. The number of ketones is 1. The van der Waals surface area contributed by atoms with Gasteiger partial charge in [-0.3, -0.25) is 9.48 Å². The highest BCUT2D eigenvalue weighted by Crippen LogP contribution is 2.27. The lowest BCUT2D eigenvalue weighted by molar-refractivity contribution is -0.119. The van der Waals surface area contributed by atoms with Crippen LogP contribution in [0.5, 0.6) is 0 Å². The predicted molar refractivity (Wildman–Crippen MR) is 86.9 cm³/mol. The summed E-state index contributed by atoms with van der Waals surface area (Å²) in [6.45, 7) is 13.6. The van der Waals surface area contributed by atoms with Crippen LogP contribution in [0.3, 0.4) is 0 Å². The topological polar surface area (TPSA) is 34.9 Å². The smallest absolute Gasteiger partial charge is 0.139 e. The maximum atomic E-state index is 12.3. The Kier molecular flexibility index (Phi) is 5.99.